The normalized spacial score (nSPS) is 22.5. The van der Waals surface area contributed by atoms with Gasteiger partial charge in [0, 0.05) is 31.2 Å². The van der Waals surface area contributed by atoms with Crippen molar-refractivity contribution in [2.75, 3.05) is 20.2 Å². The first-order valence-electron chi connectivity index (χ1n) is 7.64. The number of hydrogen-bond donors (Lipinski definition) is 1. The number of benzene rings is 1. The minimum absolute atomic E-state index is 0.0937. The van der Waals surface area contributed by atoms with E-state index >= 15 is 0 Å². The van der Waals surface area contributed by atoms with Gasteiger partial charge >= 0.3 is 0 Å². The average Bonchev–Trinajstić information content (AvgIpc) is 2.37. The number of hydrogen-bond acceptors (Lipinski definition) is 3. The van der Waals surface area contributed by atoms with Gasteiger partial charge in [0.15, 0.2) is 11.6 Å². The van der Waals surface area contributed by atoms with Crippen molar-refractivity contribution in [1.29, 1.82) is 0 Å². The largest absolute Gasteiger partial charge is 0.494 e. The SMILES string of the molecule is COc1ccc(CN2CC(C)(C)NCC2C(C)C)cc1F. The van der Waals surface area contributed by atoms with Gasteiger partial charge in [-0.15, -0.1) is 0 Å². The molecule has 3 nitrogen and oxygen atoms in total. The van der Waals surface area contributed by atoms with Crippen LogP contribution in [0.4, 0.5) is 4.39 Å². The van der Waals surface area contributed by atoms with E-state index in [-0.39, 0.29) is 11.4 Å². The van der Waals surface area contributed by atoms with Crippen LogP contribution >= 0.6 is 0 Å². The van der Waals surface area contributed by atoms with Crippen molar-refractivity contribution in [3.8, 4) is 5.75 Å². The number of piperazine rings is 1. The molecule has 0 radical (unpaired) electrons. The quantitative estimate of drug-likeness (QED) is 0.924. The molecule has 0 saturated carbocycles. The number of ether oxygens (including phenoxy) is 1. The molecule has 1 heterocycles. The molecule has 118 valence electrons. The summed E-state index contributed by atoms with van der Waals surface area (Å²) in [4.78, 5) is 2.46. The minimum atomic E-state index is -0.287. The van der Waals surface area contributed by atoms with Crippen molar-refractivity contribution < 1.29 is 9.13 Å². The maximum Gasteiger partial charge on any atom is 0.165 e. The monoisotopic (exact) mass is 294 g/mol. The first kappa shape index (κ1) is 16.2. The van der Waals surface area contributed by atoms with Gasteiger partial charge in [-0.05, 0) is 37.5 Å². The third-order valence-corrected chi connectivity index (χ3v) is 4.23. The van der Waals surface area contributed by atoms with E-state index in [9.17, 15) is 4.39 Å². The predicted molar refractivity (Wildman–Crippen MR) is 84.1 cm³/mol. The lowest BCUT2D eigenvalue weighted by Gasteiger charge is -2.46. The molecule has 1 aliphatic rings. The molecular formula is C17H27FN2O. The molecule has 0 aromatic heterocycles. The molecule has 1 aromatic rings. The summed E-state index contributed by atoms with van der Waals surface area (Å²) in [5.41, 5.74) is 1.09. The third kappa shape index (κ3) is 3.95. The summed E-state index contributed by atoms with van der Waals surface area (Å²) in [7, 11) is 1.49. The Bertz CT molecular complexity index is 488. The van der Waals surface area contributed by atoms with Crippen molar-refractivity contribution in [3.05, 3.63) is 29.6 Å². The van der Waals surface area contributed by atoms with E-state index in [2.05, 4.69) is 37.9 Å². The van der Waals surface area contributed by atoms with E-state index in [0.717, 1.165) is 25.2 Å². The van der Waals surface area contributed by atoms with Crippen molar-refractivity contribution in [1.82, 2.24) is 10.2 Å². The van der Waals surface area contributed by atoms with Gasteiger partial charge in [0.05, 0.1) is 7.11 Å². The molecule has 1 saturated heterocycles. The highest BCUT2D eigenvalue weighted by Gasteiger charge is 2.33. The first-order chi connectivity index (χ1) is 9.82. The van der Waals surface area contributed by atoms with E-state index in [0.29, 0.717) is 17.7 Å². The standard InChI is InChI=1S/C17H27FN2O/c1-12(2)15-9-19-17(3,4)11-20(15)10-13-6-7-16(21-5)14(18)8-13/h6-8,12,15,19H,9-11H2,1-5H3. The topological polar surface area (TPSA) is 24.5 Å². The molecular weight excluding hydrogens is 267 g/mol. The van der Waals surface area contributed by atoms with Crippen LogP contribution in [0.15, 0.2) is 18.2 Å². The van der Waals surface area contributed by atoms with Crippen LogP contribution in [0.3, 0.4) is 0 Å². The Hall–Kier alpha value is -1.13. The Morgan fingerprint density at radius 3 is 2.71 bits per heavy atom. The summed E-state index contributed by atoms with van der Waals surface area (Å²) in [6, 6.07) is 5.73. The lowest BCUT2D eigenvalue weighted by atomic mass is 9.92. The van der Waals surface area contributed by atoms with Gasteiger partial charge in [-0.25, -0.2) is 4.39 Å². The van der Waals surface area contributed by atoms with E-state index in [1.54, 1.807) is 12.1 Å². The Labute approximate surface area is 127 Å². The summed E-state index contributed by atoms with van der Waals surface area (Å²) in [5, 5.41) is 3.60. The fourth-order valence-corrected chi connectivity index (χ4v) is 3.06. The Morgan fingerprint density at radius 2 is 2.14 bits per heavy atom. The molecule has 2 rings (SSSR count). The lowest BCUT2D eigenvalue weighted by molar-refractivity contribution is 0.0626. The number of rotatable bonds is 4. The first-order valence-corrected chi connectivity index (χ1v) is 7.64. The number of methoxy groups -OCH3 is 1. The molecule has 1 N–H and O–H groups in total. The Balaban J connectivity index is 2.16. The van der Waals surface area contributed by atoms with Crippen LogP contribution in [-0.2, 0) is 6.54 Å². The third-order valence-electron chi connectivity index (χ3n) is 4.23. The predicted octanol–water partition coefficient (Wildman–Crippen LogP) is 3.04. The van der Waals surface area contributed by atoms with Crippen LogP contribution in [0.25, 0.3) is 0 Å². The molecule has 1 fully saturated rings. The Kier molecular flexibility index (Phi) is 4.89. The van der Waals surface area contributed by atoms with Gasteiger partial charge in [0.25, 0.3) is 0 Å². The Morgan fingerprint density at radius 1 is 1.43 bits per heavy atom. The van der Waals surface area contributed by atoms with E-state index in [1.165, 1.54) is 7.11 Å². The molecule has 1 atom stereocenters. The molecule has 4 heteroatoms. The highest BCUT2D eigenvalue weighted by atomic mass is 19.1. The molecule has 21 heavy (non-hydrogen) atoms. The average molecular weight is 294 g/mol. The summed E-state index contributed by atoms with van der Waals surface area (Å²) < 4.78 is 18.8. The maximum atomic E-state index is 13.9. The molecule has 1 aliphatic heterocycles. The van der Waals surface area contributed by atoms with Crippen LogP contribution in [0.1, 0.15) is 33.3 Å². The number of nitrogens with one attached hydrogen (secondary N) is 1. The summed E-state index contributed by atoms with van der Waals surface area (Å²) >= 11 is 0. The van der Waals surface area contributed by atoms with Crippen LogP contribution in [-0.4, -0.2) is 36.7 Å². The van der Waals surface area contributed by atoms with Gasteiger partial charge in [-0.3, -0.25) is 4.90 Å². The van der Waals surface area contributed by atoms with Crippen molar-refractivity contribution in [3.63, 3.8) is 0 Å². The fraction of sp³-hybridized carbons (Fsp3) is 0.647. The lowest BCUT2D eigenvalue weighted by Crippen LogP contribution is -2.62. The highest BCUT2D eigenvalue weighted by Crippen LogP contribution is 2.24. The zero-order valence-electron chi connectivity index (χ0n) is 13.7. The van der Waals surface area contributed by atoms with Crippen molar-refractivity contribution in [2.45, 2.75) is 45.8 Å². The van der Waals surface area contributed by atoms with Crippen molar-refractivity contribution in [2.24, 2.45) is 5.92 Å². The molecule has 0 aliphatic carbocycles. The molecule has 0 bridgehead atoms. The van der Waals surface area contributed by atoms with E-state index in [1.807, 2.05) is 6.07 Å². The molecule has 1 aromatic carbocycles. The van der Waals surface area contributed by atoms with Crippen LogP contribution in [0.2, 0.25) is 0 Å². The summed E-state index contributed by atoms with van der Waals surface area (Å²) in [6.45, 7) is 11.6. The van der Waals surface area contributed by atoms with Gasteiger partial charge in [0.1, 0.15) is 0 Å². The zero-order valence-corrected chi connectivity index (χ0v) is 13.7. The van der Waals surface area contributed by atoms with Crippen LogP contribution in [0.5, 0.6) is 5.75 Å². The summed E-state index contributed by atoms with van der Waals surface area (Å²) in [6.07, 6.45) is 0. The van der Waals surface area contributed by atoms with Crippen LogP contribution < -0.4 is 10.1 Å². The fourth-order valence-electron chi connectivity index (χ4n) is 3.06. The molecule has 0 amide bonds. The molecule has 1 unspecified atom stereocenters. The van der Waals surface area contributed by atoms with Gasteiger partial charge in [0.2, 0.25) is 0 Å². The number of halogens is 1. The number of nitrogens with zero attached hydrogens (tertiary/aromatic N) is 1. The highest BCUT2D eigenvalue weighted by molar-refractivity contribution is 5.29. The minimum Gasteiger partial charge on any atom is -0.494 e. The maximum absolute atomic E-state index is 13.9. The zero-order chi connectivity index (χ0) is 15.6. The van der Waals surface area contributed by atoms with E-state index < -0.39 is 0 Å². The summed E-state index contributed by atoms with van der Waals surface area (Å²) in [5.74, 6) is 0.585. The van der Waals surface area contributed by atoms with Crippen LogP contribution in [0, 0.1) is 11.7 Å². The second kappa shape index (κ2) is 6.32. The van der Waals surface area contributed by atoms with Gasteiger partial charge in [-0.2, -0.15) is 0 Å². The van der Waals surface area contributed by atoms with Gasteiger partial charge in [-0.1, -0.05) is 19.9 Å². The van der Waals surface area contributed by atoms with Gasteiger partial charge < -0.3 is 10.1 Å². The smallest absolute Gasteiger partial charge is 0.165 e. The van der Waals surface area contributed by atoms with E-state index in [4.69, 9.17) is 4.74 Å². The molecule has 0 spiro atoms. The second-order valence-electron chi connectivity index (χ2n) is 6.95. The van der Waals surface area contributed by atoms with Crippen molar-refractivity contribution >= 4 is 0 Å². The second-order valence-corrected chi connectivity index (χ2v) is 6.95.